The average Bonchev–Trinajstić information content (AvgIpc) is 2.77. The Hall–Kier alpha value is -3.32. The number of nitrogens with one attached hydrogen (secondary N) is 1. The van der Waals surface area contributed by atoms with Crippen molar-refractivity contribution in [2.45, 2.75) is 26.4 Å². The van der Waals surface area contributed by atoms with E-state index in [0.717, 1.165) is 26.8 Å². The molecular formula is C27H22F3IN2O2. The zero-order chi connectivity index (χ0) is 25.8. The largest absolute Gasteiger partial charge is 0.496 e. The van der Waals surface area contributed by atoms with Crippen LogP contribution in [0.25, 0.3) is 6.08 Å². The molecule has 0 unspecified atom stereocenters. The fraction of sp³-hybridized carbons (Fsp3) is 0.185. The Morgan fingerprint density at radius 2 is 1.80 bits per heavy atom. The van der Waals surface area contributed by atoms with Crippen molar-refractivity contribution in [2.24, 2.45) is 0 Å². The Balaban J connectivity index is 1.89. The molecule has 4 nitrogen and oxygen atoms in total. The lowest BCUT2D eigenvalue weighted by molar-refractivity contribution is -0.137. The minimum Gasteiger partial charge on any atom is -0.496 e. The van der Waals surface area contributed by atoms with Crippen molar-refractivity contribution in [3.8, 4) is 11.8 Å². The van der Waals surface area contributed by atoms with Crippen molar-refractivity contribution < 1.29 is 22.7 Å². The SMILES string of the molecule is COc1cc(/C=C(\C#N)C(=O)Nc2cccc(C(F)(F)F)c2)cc(I)c1Cc1cc(C)cc(C)c1. The van der Waals surface area contributed by atoms with Gasteiger partial charge >= 0.3 is 6.18 Å². The molecule has 0 aromatic heterocycles. The number of aryl methyl sites for hydroxylation is 2. The van der Waals surface area contributed by atoms with Gasteiger partial charge in [0.15, 0.2) is 0 Å². The molecule has 1 N–H and O–H groups in total. The fourth-order valence-corrected chi connectivity index (χ4v) is 4.55. The average molecular weight is 590 g/mol. The second kappa shape index (κ2) is 11.0. The number of halogens is 4. The number of anilines is 1. The number of amides is 1. The van der Waals surface area contributed by atoms with Crippen LogP contribution in [0.3, 0.4) is 0 Å². The lowest BCUT2D eigenvalue weighted by Gasteiger charge is -2.14. The minimum absolute atomic E-state index is 0.0538. The summed E-state index contributed by atoms with van der Waals surface area (Å²) in [6.07, 6.45) is -2.51. The van der Waals surface area contributed by atoms with Crippen LogP contribution in [0.4, 0.5) is 18.9 Å². The highest BCUT2D eigenvalue weighted by Crippen LogP contribution is 2.32. The molecule has 0 heterocycles. The number of ether oxygens (including phenoxy) is 1. The van der Waals surface area contributed by atoms with Gasteiger partial charge in [-0.2, -0.15) is 18.4 Å². The molecular weight excluding hydrogens is 568 g/mol. The molecule has 0 aliphatic heterocycles. The number of rotatable bonds is 6. The van der Waals surface area contributed by atoms with E-state index in [4.69, 9.17) is 4.74 Å². The molecule has 3 aromatic carbocycles. The molecule has 0 fully saturated rings. The highest BCUT2D eigenvalue weighted by atomic mass is 127. The van der Waals surface area contributed by atoms with Crippen LogP contribution in [-0.4, -0.2) is 13.0 Å². The number of hydrogen-bond acceptors (Lipinski definition) is 3. The molecule has 180 valence electrons. The van der Waals surface area contributed by atoms with Gasteiger partial charge in [0.1, 0.15) is 17.4 Å². The summed E-state index contributed by atoms with van der Waals surface area (Å²) in [4.78, 5) is 12.6. The summed E-state index contributed by atoms with van der Waals surface area (Å²) in [5, 5.41) is 11.9. The summed E-state index contributed by atoms with van der Waals surface area (Å²) in [5.74, 6) is -0.196. The van der Waals surface area contributed by atoms with E-state index in [9.17, 15) is 23.2 Å². The predicted molar refractivity (Wildman–Crippen MR) is 138 cm³/mol. The van der Waals surface area contributed by atoms with E-state index in [1.807, 2.05) is 26.0 Å². The second-order valence-electron chi connectivity index (χ2n) is 8.06. The Kier molecular flexibility index (Phi) is 8.22. The number of alkyl halides is 3. The maximum absolute atomic E-state index is 12.9. The quantitative estimate of drug-likeness (QED) is 0.190. The van der Waals surface area contributed by atoms with Crippen LogP contribution in [0, 0.1) is 28.7 Å². The smallest absolute Gasteiger partial charge is 0.416 e. The number of methoxy groups -OCH3 is 1. The van der Waals surface area contributed by atoms with Gasteiger partial charge in [-0.25, -0.2) is 0 Å². The topological polar surface area (TPSA) is 62.1 Å². The summed E-state index contributed by atoms with van der Waals surface area (Å²) < 4.78 is 45.3. The van der Waals surface area contributed by atoms with Crippen molar-refractivity contribution in [1.29, 1.82) is 5.26 Å². The summed E-state index contributed by atoms with van der Waals surface area (Å²) in [6.45, 7) is 4.08. The van der Waals surface area contributed by atoms with Gasteiger partial charge < -0.3 is 10.1 Å². The first-order valence-corrected chi connectivity index (χ1v) is 11.6. The highest BCUT2D eigenvalue weighted by molar-refractivity contribution is 14.1. The van der Waals surface area contributed by atoms with Gasteiger partial charge in [-0.05, 0) is 84.0 Å². The summed E-state index contributed by atoms with van der Waals surface area (Å²) in [5.41, 5.74) is 3.81. The fourth-order valence-electron chi connectivity index (χ4n) is 3.73. The van der Waals surface area contributed by atoms with Crippen LogP contribution in [0.2, 0.25) is 0 Å². The van der Waals surface area contributed by atoms with Gasteiger partial charge in [0, 0.05) is 21.2 Å². The summed E-state index contributed by atoms with van der Waals surface area (Å²) in [6, 6.07) is 16.0. The molecule has 0 saturated heterocycles. The van der Waals surface area contributed by atoms with E-state index >= 15 is 0 Å². The highest BCUT2D eigenvalue weighted by Gasteiger charge is 2.30. The first-order chi connectivity index (χ1) is 16.5. The molecule has 3 aromatic rings. The van der Waals surface area contributed by atoms with E-state index < -0.39 is 17.6 Å². The predicted octanol–water partition coefficient (Wildman–Crippen LogP) is 7.07. The number of nitriles is 1. The number of nitrogens with zero attached hydrogens (tertiary/aromatic N) is 1. The monoisotopic (exact) mass is 590 g/mol. The van der Waals surface area contributed by atoms with Gasteiger partial charge in [0.2, 0.25) is 0 Å². The molecule has 3 rings (SSSR count). The standard InChI is InChI=1S/C27H22F3IN2O2/c1-16-7-17(2)9-18(8-16)11-23-24(31)12-19(13-25(23)35-3)10-20(15-32)26(34)33-22-6-4-5-21(14-22)27(28,29)30/h4-10,12-14H,11H2,1-3H3,(H,33,34)/b20-10+. The zero-order valence-corrected chi connectivity index (χ0v) is 21.4. The van der Waals surface area contributed by atoms with E-state index in [1.165, 1.54) is 29.3 Å². The van der Waals surface area contributed by atoms with Crippen LogP contribution in [0.5, 0.6) is 5.75 Å². The molecule has 0 radical (unpaired) electrons. The van der Waals surface area contributed by atoms with Crippen molar-refractivity contribution >= 4 is 40.3 Å². The third-order valence-electron chi connectivity index (χ3n) is 5.18. The minimum atomic E-state index is -4.54. The van der Waals surface area contributed by atoms with Crippen molar-refractivity contribution in [1.82, 2.24) is 0 Å². The van der Waals surface area contributed by atoms with E-state index in [-0.39, 0.29) is 11.3 Å². The van der Waals surface area contributed by atoms with Crippen LogP contribution in [0.15, 0.2) is 60.2 Å². The molecule has 8 heteroatoms. The van der Waals surface area contributed by atoms with E-state index in [2.05, 4.69) is 46.1 Å². The van der Waals surface area contributed by atoms with Crippen LogP contribution < -0.4 is 10.1 Å². The van der Waals surface area contributed by atoms with Crippen molar-refractivity contribution in [3.63, 3.8) is 0 Å². The zero-order valence-electron chi connectivity index (χ0n) is 19.3. The third kappa shape index (κ3) is 6.85. The maximum atomic E-state index is 12.9. The number of hydrogen-bond donors (Lipinski definition) is 1. The van der Waals surface area contributed by atoms with Crippen LogP contribution in [-0.2, 0) is 17.4 Å². The van der Waals surface area contributed by atoms with Crippen LogP contribution >= 0.6 is 22.6 Å². The third-order valence-corrected chi connectivity index (χ3v) is 6.15. The molecule has 0 aliphatic rings. The number of carbonyl (C=O) groups is 1. The normalized spacial score (nSPS) is 11.7. The molecule has 0 atom stereocenters. The van der Waals surface area contributed by atoms with Gasteiger partial charge in [0.05, 0.1) is 12.7 Å². The molecule has 0 bridgehead atoms. The van der Waals surface area contributed by atoms with Gasteiger partial charge in [0.25, 0.3) is 5.91 Å². The van der Waals surface area contributed by atoms with E-state index in [1.54, 1.807) is 13.2 Å². The Morgan fingerprint density at radius 3 is 2.40 bits per heavy atom. The maximum Gasteiger partial charge on any atom is 0.416 e. The summed E-state index contributed by atoms with van der Waals surface area (Å²) >= 11 is 2.19. The Bertz CT molecular complexity index is 1320. The Labute approximate surface area is 215 Å². The number of carbonyl (C=O) groups excluding carboxylic acids is 1. The number of benzene rings is 3. The summed E-state index contributed by atoms with van der Waals surface area (Å²) in [7, 11) is 1.55. The van der Waals surface area contributed by atoms with Gasteiger partial charge in [-0.15, -0.1) is 0 Å². The second-order valence-corrected chi connectivity index (χ2v) is 9.22. The molecule has 0 aliphatic carbocycles. The van der Waals surface area contributed by atoms with Crippen molar-refractivity contribution in [3.05, 3.63) is 97.1 Å². The first kappa shape index (κ1) is 26.3. The molecule has 35 heavy (non-hydrogen) atoms. The molecule has 1 amide bonds. The lowest BCUT2D eigenvalue weighted by atomic mass is 9.98. The first-order valence-electron chi connectivity index (χ1n) is 10.5. The lowest BCUT2D eigenvalue weighted by Crippen LogP contribution is -2.14. The van der Waals surface area contributed by atoms with Gasteiger partial charge in [-0.3, -0.25) is 4.79 Å². The van der Waals surface area contributed by atoms with E-state index in [0.29, 0.717) is 17.7 Å². The Morgan fingerprint density at radius 1 is 1.11 bits per heavy atom. The molecule has 0 spiro atoms. The van der Waals surface area contributed by atoms with Crippen LogP contribution in [0.1, 0.15) is 33.4 Å². The van der Waals surface area contributed by atoms with Gasteiger partial charge in [-0.1, -0.05) is 35.4 Å². The molecule has 0 saturated carbocycles. The van der Waals surface area contributed by atoms with Crippen molar-refractivity contribution in [2.75, 3.05) is 12.4 Å².